The summed E-state index contributed by atoms with van der Waals surface area (Å²) in [6.45, 7) is 0.708. The van der Waals surface area contributed by atoms with Gasteiger partial charge in [0.05, 0.1) is 6.42 Å². The van der Waals surface area contributed by atoms with Gasteiger partial charge in [-0.2, -0.15) is 0 Å². The summed E-state index contributed by atoms with van der Waals surface area (Å²) in [6.07, 6.45) is 2.11. The third-order valence-corrected chi connectivity index (χ3v) is 4.84. The molecule has 26 heavy (non-hydrogen) atoms. The van der Waals surface area contributed by atoms with Crippen molar-refractivity contribution in [2.24, 2.45) is 0 Å². The highest BCUT2D eigenvalue weighted by molar-refractivity contribution is 6.30. The molecule has 0 bridgehead atoms. The molecule has 4 rings (SSSR count). The maximum atomic E-state index is 12.8. The average Bonchev–Trinajstić information content (AvgIpc) is 3.33. The summed E-state index contributed by atoms with van der Waals surface area (Å²) in [5.41, 5.74) is 1.82. The molecule has 1 atom stereocenters. The standard InChI is InChI=1S/C20H18ClN3O2/c21-16-10-8-14(9-11-16)13-18(25)24-12-4-7-17(24)20-23-22-19(26-20)15-5-2-1-3-6-15/h1-3,5-6,8-11,17H,4,7,12-13H2. The first-order valence-corrected chi connectivity index (χ1v) is 9.01. The maximum Gasteiger partial charge on any atom is 0.247 e. The molecule has 132 valence electrons. The van der Waals surface area contributed by atoms with Crippen LogP contribution in [0.5, 0.6) is 0 Å². The molecular formula is C20H18ClN3O2. The zero-order valence-corrected chi connectivity index (χ0v) is 14.9. The van der Waals surface area contributed by atoms with Gasteiger partial charge in [0.15, 0.2) is 0 Å². The second kappa shape index (κ2) is 7.30. The third-order valence-electron chi connectivity index (χ3n) is 4.59. The van der Waals surface area contributed by atoms with Crippen molar-refractivity contribution in [2.45, 2.75) is 25.3 Å². The number of carbonyl (C=O) groups is 1. The molecular weight excluding hydrogens is 350 g/mol. The van der Waals surface area contributed by atoms with Gasteiger partial charge >= 0.3 is 0 Å². The monoisotopic (exact) mass is 367 g/mol. The lowest BCUT2D eigenvalue weighted by molar-refractivity contribution is -0.131. The van der Waals surface area contributed by atoms with Crippen LogP contribution in [0.15, 0.2) is 59.0 Å². The summed E-state index contributed by atoms with van der Waals surface area (Å²) in [4.78, 5) is 14.6. The van der Waals surface area contributed by atoms with Gasteiger partial charge in [0, 0.05) is 17.1 Å². The first kappa shape index (κ1) is 16.8. The number of aromatic nitrogens is 2. The lowest BCUT2D eigenvalue weighted by atomic mass is 10.1. The Hall–Kier alpha value is -2.66. The van der Waals surface area contributed by atoms with Crippen LogP contribution in [0.4, 0.5) is 0 Å². The Balaban J connectivity index is 1.50. The summed E-state index contributed by atoms with van der Waals surface area (Å²) < 4.78 is 5.87. The predicted octanol–water partition coefficient (Wildman–Crippen LogP) is 4.30. The zero-order valence-electron chi connectivity index (χ0n) is 14.1. The molecule has 0 aliphatic carbocycles. The topological polar surface area (TPSA) is 59.2 Å². The lowest BCUT2D eigenvalue weighted by Gasteiger charge is -2.22. The highest BCUT2D eigenvalue weighted by Gasteiger charge is 2.33. The molecule has 1 aromatic heterocycles. The molecule has 1 unspecified atom stereocenters. The fourth-order valence-corrected chi connectivity index (χ4v) is 3.39. The maximum absolute atomic E-state index is 12.8. The van der Waals surface area contributed by atoms with Gasteiger partial charge in [-0.05, 0) is 42.7 Å². The third kappa shape index (κ3) is 3.48. The van der Waals surface area contributed by atoms with Crippen LogP contribution in [-0.2, 0) is 11.2 Å². The Kier molecular flexibility index (Phi) is 4.71. The Labute approximate surface area is 156 Å². The van der Waals surface area contributed by atoms with Crippen molar-refractivity contribution in [1.29, 1.82) is 0 Å². The minimum atomic E-state index is -0.153. The van der Waals surface area contributed by atoms with Crippen LogP contribution in [0.2, 0.25) is 5.02 Å². The van der Waals surface area contributed by atoms with E-state index in [1.54, 1.807) is 12.1 Å². The first-order valence-electron chi connectivity index (χ1n) is 8.63. The van der Waals surface area contributed by atoms with Crippen LogP contribution in [0.25, 0.3) is 11.5 Å². The van der Waals surface area contributed by atoms with Crippen LogP contribution >= 0.6 is 11.6 Å². The van der Waals surface area contributed by atoms with E-state index in [0.717, 1.165) is 24.0 Å². The van der Waals surface area contributed by atoms with E-state index in [9.17, 15) is 4.79 Å². The van der Waals surface area contributed by atoms with Crippen LogP contribution in [0.3, 0.4) is 0 Å². The second-order valence-electron chi connectivity index (χ2n) is 6.36. The quantitative estimate of drug-likeness (QED) is 0.690. The second-order valence-corrected chi connectivity index (χ2v) is 6.80. The molecule has 2 aromatic carbocycles. The van der Waals surface area contributed by atoms with Gasteiger partial charge in [-0.1, -0.05) is 41.9 Å². The SMILES string of the molecule is O=C(Cc1ccc(Cl)cc1)N1CCCC1c1nnc(-c2ccccc2)o1. The minimum absolute atomic E-state index is 0.0642. The average molecular weight is 368 g/mol. The molecule has 3 aromatic rings. The molecule has 0 spiro atoms. The zero-order chi connectivity index (χ0) is 17.9. The Morgan fingerprint density at radius 3 is 2.65 bits per heavy atom. The van der Waals surface area contributed by atoms with E-state index in [4.69, 9.17) is 16.0 Å². The van der Waals surface area contributed by atoms with Gasteiger partial charge in [-0.15, -0.1) is 10.2 Å². The van der Waals surface area contributed by atoms with Gasteiger partial charge in [0.2, 0.25) is 17.7 Å². The summed E-state index contributed by atoms with van der Waals surface area (Å²) in [5.74, 6) is 1.05. The Morgan fingerprint density at radius 2 is 1.88 bits per heavy atom. The van der Waals surface area contributed by atoms with E-state index in [1.165, 1.54) is 0 Å². The van der Waals surface area contributed by atoms with Crippen LogP contribution in [0, 0.1) is 0 Å². The van der Waals surface area contributed by atoms with E-state index in [-0.39, 0.29) is 11.9 Å². The predicted molar refractivity (Wildman–Crippen MR) is 98.6 cm³/mol. The van der Waals surface area contributed by atoms with E-state index >= 15 is 0 Å². The van der Waals surface area contributed by atoms with Gasteiger partial charge < -0.3 is 9.32 Å². The number of benzene rings is 2. The summed E-state index contributed by atoms with van der Waals surface area (Å²) in [6, 6.07) is 16.9. The van der Waals surface area contributed by atoms with Gasteiger partial charge in [-0.3, -0.25) is 4.79 Å². The number of rotatable bonds is 4. The lowest BCUT2D eigenvalue weighted by Crippen LogP contribution is -2.32. The molecule has 0 radical (unpaired) electrons. The number of carbonyl (C=O) groups excluding carboxylic acids is 1. The van der Waals surface area contributed by atoms with Gasteiger partial charge in [0.1, 0.15) is 6.04 Å². The molecule has 1 aliphatic rings. The van der Waals surface area contributed by atoms with Crippen molar-refractivity contribution in [3.05, 3.63) is 71.1 Å². The van der Waals surface area contributed by atoms with Crippen molar-refractivity contribution in [3.63, 3.8) is 0 Å². The molecule has 1 fully saturated rings. The van der Waals surface area contributed by atoms with Crippen LogP contribution in [0.1, 0.15) is 30.3 Å². The highest BCUT2D eigenvalue weighted by atomic mass is 35.5. The smallest absolute Gasteiger partial charge is 0.247 e. The summed E-state index contributed by atoms with van der Waals surface area (Å²) in [5, 5.41) is 9.01. The van der Waals surface area contributed by atoms with E-state index < -0.39 is 0 Å². The summed E-state index contributed by atoms with van der Waals surface area (Å²) in [7, 11) is 0. The number of hydrogen-bond acceptors (Lipinski definition) is 4. The van der Waals surface area contributed by atoms with Crippen LogP contribution < -0.4 is 0 Å². The van der Waals surface area contributed by atoms with E-state index in [1.807, 2.05) is 47.4 Å². The van der Waals surface area contributed by atoms with Crippen molar-refractivity contribution in [2.75, 3.05) is 6.54 Å². The Morgan fingerprint density at radius 1 is 1.12 bits per heavy atom. The van der Waals surface area contributed by atoms with Crippen molar-refractivity contribution >= 4 is 17.5 Å². The van der Waals surface area contributed by atoms with Gasteiger partial charge in [-0.25, -0.2) is 0 Å². The molecule has 0 N–H and O–H groups in total. The molecule has 5 nitrogen and oxygen atoms in total. The van der Waals surface area contributed by atoms with Gasteiger partial charge in [0.25, 0.3) is 0 Å². The summed E-state index contributed by atoms with van der Waals surface area (Å²) >= 11 is 5.91. The minimum Gasteiger partial charge on any atom is -0.418 e. The van der Waals surface area contributed by atoms with Crippen molar-refractivity contribution in [3.8, 4) is 11.5 Å². The number of hydrogen-bond donors (Lipinski definition) is 0. The molecule has 0 saturated carbocycles. The highest BCUT2D eigenvalue weighted by Crippen LogP contribution is 2.33. The molecule has 2 heterocycles. The molecule has 6 heteroatoms. The fraction of sp³-hybridized carbons (Fsp3) is 0.250. The molecule has 1 saturated heterocycles. The normalized spacial score (nSPS) is 16.8. The van der Waals surface area contributed by atoms with Crippen molar-refractivity contribution < 1.29 is 9.21 Å². The number of nitrogens with zero attached hydrogens (tertiary/aromatic N) is 3. The van der Waals surface area contributed by atoms with E-state index in [0.29, 0.717) is 29.8 Å². The van der Waals surface area contributed by atoms with Crippen LogP contribution in [-0.4, -0.2) is 27.5 Å². The number of likely N-dealkylation sites (tertiary alicyclic amines) is 1. The largest absolute Gasteiger partial charge is 0.418 e. The molecule has 1 amide bonds. The van der Waals surface area contributed by atoms with E-state index in [2.05, 4.69) is 10.2 Å². The Bertz CT molecular complexity index is 893. The number of halogens is 1. The number of amides is 1. The molecule has 1 aliphatic heterocycles. The van der Waals surface area contributed by atoms with Crippen molar-refractivity contribution in [1.82, 2.24) is 15.1 Å². The fourth-order valence-electron chi connectivity index (χ4n) is 3.27. The first-order chi connectivity index (χ1) is 12.7.